The first-order valence-electron chi connectivity index (χ1n) is 6.36. The number of nitriles is 1. The van der Waals surface area contributed by atoms with Crippen molar-refractivity contribution in [2.45, 2.75) is 27.3 Å². The summed E-state index contributed by atoms with van der Waals surface area (Å²) in [5.41, 5.74) is 8.57. The summed E-state index contributed by atoms with van der Waals surface area (Å²) >= 11 is 0. The van der Waals surface area contributed by atoms with Crippen molar-refractivity contribution in [2.75, 3.05) is 5.73 Å². The van der Waals surface area contributed by atoms with Crippen molar-refractivity contribution in [1.29, 1.82) is 5.26 Å². The Morgan fingerprint density at radius 1 is 1.32 bits per heavy atom. The van der Waals surface area contributed by atoms with E-state index < -0.39 is 0 Å². The second-order valence-electron chi connectivity index (χ2n) is 5.09. The number of nitrogen functional groups attached to an aromatic ring is 1. The Hall–Kier alpha value is -2.28. The first-order valence-corrected chi connectivity index (χ1v) is 6.36. The standard InChI is InChI=1S/C15H18N4/c1-10(2)9-19-11(3)18-14(15(19)17)13-6-4-12(8-16)5-7-13/h4-7,10H,9,17H2,1-3H3. The third-order valence-electron chi connectivity index (χ3n) is 3.03. The molecule has 2 rings (SSSR count). The van der Waals surface area contributed by atoms with Crippen LogP contribution >= 0.6 is 0 Å². The Bertz CT molecular complexity index is 615. The van der Waals surface area contributed by atoms with Gasteiger partial charge in [0, 0.05) is 12.1 Å². The minimum absolute atomic E-state index is 0.518. The molecule has 0 bridgehead atoms. The summed E-state index contributed by atoms with van der Waals surface area (Å²) in [5, 5.41) is 8.81. The van der Waals surface area contributed by atoms with Gasteiger partial charge in [0.2, 0.25) is 0 Å². The zero-order valence-corrected chi connectivity index (χ0v) is 11.5. The number of nitrogens with zero attached hydrogens (tertiary/aromatic N) is 3. The molecule has 0 aliphatic heterocycles. The Morgan fingerprint density at radius 2 is 1.95 bits per heavy atom. The van der Waals surface area contributed by atoms with E-state index in [2.05, 4.69) is 24.9 Å². The molecular weight excluding hydrogens is 236 g/mol. The maximum absolute atomic E-state index is 8.81. The van der Waals surface area contributed by atoms with E-state index in [1.165, 1.54) is 0 Å². The molecule has 2 N–H and O–H groups in total. The van der Waals surface area contributed by atoms with E-state index in [1.807, 2.05) is 23.6 Å². The number of rotatable bonds is 3. The van der Waals surface area contributed by atoms with Gasteiger partial charge in [0.1, 0.15) is 17.3 Å². The molecule has 1 heterocycles. The first-order chi connectivity index (χ1) is 9.02. The van der Waals surface area contributed by atoms with Crippen LogP contribution in [0.1, 0.15) is 25.2 Å². The van der Waals surface area contributed by atoms with E-state index in [4.69, 9.17) is 11.0 Å². The fourth-order valence-corrected chi connectivity index (χ4v) is 2.09. The van der Waals surface area contributed by atoms with Crippen LogP contribution < -0.4 is 5.73 Å². The highest BCUT2D eigenvalue weighted by atomic mass is 15.1. The fourth-order valence-electron chi connectivity index (χ4n) is 2.09. The van der Waals surface area contributed by atoms with E-state index in [0.717, 1.165) is 23.6 Å². The van der Waals surface area contributed by atoms with Gasteiger partial charge in [0.25, 0.3) is 0 Å². The molecule has 0 unspecified atom stereocenters. The lowest BCUT2D eigenvalue weighted by atomic mass is 10.1. The predicted octanol–water partition coefficient (Wildman–Crippen LogP) is 2.97. The molecule has 0 fully saturated rings. The second-order valence-corrected chi connectivity index (χ2v) is 5.09. The van der Waals surface area contributed by atoms with Crippen molar-refractivity contribution in [3.8, 4) is 17.3 Å². The molecule has 0 radical (unpaired) electrons. The monoisotopic (exact) mass is 254 g/mol. The van der Waals surface area contributed by atoms with E-state index in [9.17, 15) is 0 Å². The van der Waals surface area contributed by atoms with Gasteiger partial charge in [-0.2, -0.15) is 5.26 Å². The van der Waals surface area contributed by atoms with Gasteiger partial charge in [-0.25, -0.2) is 4.98 Å². The van der Waals surface area contributed by atoms with Gasteiger partial charge in [-0.1, -0.05) is 26.0 Å². The van der Waals surface area contributed by atoms with Gasteiger partial charge in [-0.3, -0.25) is 0 Å². The summed E-state index contributed by atoms with van der Waals surface area (Å²) in [4.78, 5) is 4.54. The van der Waals surface area contributed by atoms with Crippen molar-refractivity contribution in [3.63, 3.8) is 0 Å². The van der Waals surface area contributed by atoms with Crippen molar-refractivity contribution in [1.82, 2.24) is 9.55 Å². The average Bonchev–Trinajstić information content (AvgIpc) is 2.66. The summed E-state index contributed by atoms with van der Waals surface area (Å²) in [6.07, 6.45) is 0. The second kappa shape index (κ2) is 5.15. The molecule has 2 aromatic rings. The van der Waals surface area contributed by atoms with Gasteiger partial charge >= 0.3 is 0 Å². The predicted molar refractivity (Wildman–Crippen MR) is 76.4 cm³/mol. The maximum Gasteiger partial charge on any atom is 0.131 e. The van der Waals surface area contributed by atoms with Crippen molar-refractivity contribution in [3.05, 3.63) is 35.7 Å². The number of benzene rings is 1. The van der Waals surface area contributed by atoms with Gasteiger partial charge < -0.3 is 10.3 Å². The topological polar surface area (TPSA) is 67.6 Å². The van der Waals surface area contributed by atoms with Crippen LogP contribution in [-0.4, -0.2) is 9.55 Å². The summed E-state index contributed by atoms with van der Waals surface area (Å²) in [6.45, 7) is 7.13. The minimum atomic E-state index is 0.518. The van der Waals surface area contributed by atoms with Crippen LogP contribution in [0.5, 0.6) is 0 Å². The third kappa shape index (κ3) is 2.60. The molecule has 4 nitrogen and oxygen atoms in total. The Balaban J connectivity index is 2.42. The van der Waals surface area contributed by atoms with E-state index in [1.54, 1.807) is 12.1 Å². The van der Waals surface area contributed by atoms with Crippen LogP contribution in [0.15, 0.2) is 24.3 Å². The molecule has 0 amide bonds. The molecule has 0 aliphatic carbocycles. The summed E-state index contributed by atoms with van der Waals surface area (Å²) in [7, 11) is 0. The number of anilines is 1. The largest absolute Gasteiger partial charge is 0.383 e. The summed E-state index contributed by atoms with van der Waals surface area (Å²) in [5.74, 6) is 2.13. The molecule has 0 spiro atoms. The van der Waals surface area contributed by atoms with Crippen LogP contribution in [-0.2, 0) is 6.54 Å². The highest BCUT2D eigenvalue weighted by molar-refractivity contribution is 5.71. The lowest BCUT2D eigenvalue weighted by Gasteiger charge is -2.10. The van der Waals surface area contributed by atoms with Gasteiger partial charge in [-0.15, -0.1) is 0 Å². The van der Waals surface area contributed by atoms with Crippen molar-refractivity contribution >= 4 is 5.82 Å². The third-order valence-corrected chi connectivity index (χ3v) is 3.03. The molecule has 0 saturated carbocycles. The molecular formula is C15H18N4. The van der Waals surface area contributed by atoms with E-state index >= 15 is 0 Å². The number of hydrogen-bond donors (Lipinski definition) is 1. The molecule has 1 aromatic carbocycles. The van der Waals surface area contributed by atoms with Crippen LogP contribution in [0.2, 0.25) is 0 Å². The van der Waals surface area contributed by atoms with Gasteiger partial charge in [0.05, 0.1) is 11.6 Å². The van der Waals surface area contributed by atoms with Gasteiger partial charge in [0.15, 0.2) is 0 Å². The van der Waals surface area contributed by atoms with E-state index in [0.29, 0.717) is 17.3 Å². The molecule has 1 aromatic heterocycles. The molecule has 0 aliphatic rings. The van der Waals surface area contributed by atoms with Crippen LogP contribution in [0, 0.1) is 24.2 Å². The summed E-state index contributed by atoms with van der Waals surface area (Å²) in [6, 6.07) is 9.44. The van der Waals surface area contributed by atoms with Crippen LogP contribution in [0.25, 0.3) is 11.3 Å². The average molecular weight is 254 g/mol. The lowest BCUT2D eigenvalue weighted by Crippen LogP contribution is -2.09. The number of hydrogen-bond acceptors (Lipinski definition) is 3. The number of aromatic nitrogens is 2. The van der Waals surface area contributed by atoms with Crippen LogP contribution in [0.3, 0.4) is 0 Å². The van der Waals surface area contributed by atoms with Gasteiger partial charge in [-0.05, 0) is 25.0 Å². The first kappa shape index (κ1) is 13.2. The van der Waals surface area contributed by atoms with E-state index in [-0.39, 0.29) is 0 Å². The number of aryl methyl sites for hydroxylation is 1. The molecule has 4 heteroatoms. The molecule has 19 heavy (non-hydrogen) atoms. The van der Waals surface area contributed by atoms with Crippen LogP contribution in [0.4, 0.5) is 5.82 Å². The Kier molecular flexibility index (Phi) is 3.57. The molecule has 98 valence electrons. The smallest absolute Gasteiger partial charge is 0.131 e. The minimum Gasteiger partial charge on any atom is -0.383 e. The Labute approximate surface area is 113 Å². The SMILES string of the molecule is Cc1nc(-c2ccc(C#N)cc2)c(N)n1CC(C)C. The van der Waals surface area contributed by atoms with Crippen molar-refractivity contribution < 1.29 is 0 Å². The zero-order chi connectivity index (χ0) is 14.0. The molecule has 0 atom stereocenters. The number of nitrogens with two attached hydrogens (primary N) is 1. The highest BCUT2D eigenvalue weighted by Gasteiger charge is 2.14. The maximum atomic E-state index is 8.81. The fraction of sp³-hybridized carbons (Fsp3) is 0.333. The molecule has 0 saturated heterocycles. The van der Waals surface area contributed by atoms with Crippen molar-refractivity contribution in [2.24, 2.45) is 5.92 Å². The highest BCUT2D eigenvalue weighted by Crippen LogP contribution is 2.27. The summed E-state index contributed by atoms with van der Waals surface area (Å²) < 4.78 is 2.04. The normalized spacial score (nSPS) is 10.7. The lowest BCUT2D eigenvalue weighted by molar-refractivity contribution is 0.518. The zero-order valence-electron chi connectivity index (χ0n) is 11.5. The quantitative estimate of drug-likeness (QED) is 0.915. The number of imidazole rings is 1. The Morgan fingerprint density at radius 3 is 2.47 bits per heavy atom.